The van der Waals surface area contributed by atoms with Crippen LogP contribution in [0.5, 0.6) is 0 Å². The second-order valence-corrected chi connectivity index (χ2v) is 10.0. The zero-order valence-corrected chi connectivity index (χ0v) is 23.4. The Kier molecular flexibility index (Phi) is 10.4. The van der Waals surface area contributed by atoms with Gasteiger partial charge < -0.3 is 29.3 Å². The number of hydrogen-bond donors (Lipinski definition) is 2. The Morgan fingerprint density at radius 1 is 0.952 bits per heavy atom. The Labute approximate surface area is 243 Å². The maximum Gasteiger partial charge on any atom is 0.336 e. The Morgan fingerprint density at radius 3 is 2.19 bits per heavy atom. The Morgan fingerprint density at radius 2 is 1.60 bits per heavy atom. The highest BCUT2D eigenvalue weighted by Crippen LogP contribution is 2.34. The summed E-state index contributed by atoms with van der Waals surface area (Å²) in [6, 6.07) is 22.8. The Balaban J connectivity index is 1.69. The molecule has 1 fully saturated rings. The third-order valence-electron chi connectivity index (χ3n) is 7.34. The molecule has 9 nitrogen and oxygen atoms in total. The number of benzene rings is 3. The lowest BCUT2D eigenvalue weighted by molar-refractivity contribution is -0.241. The first-order valence-electron chi connectivity index (χ1n) is 13.8. The normalized spacial score (nSPS) is 19.6. The molecule has 1 unspecified atom stereocenters. The van der Waals surface area contributed by atoms with E-state index in [0.29, 0.717) is 29.5 Å². The van der Waals surface area contributed by atoms with E-state index in [1.54, 1.807) is 38.1 Å². The molecule has 1 amide bonds. The number of carboxylic acid groups (broad SMARTS) is 2. The number of carbonyl (C=O) groups is 3. The van der Waals surface area contributed by atoms with E-state index in [-0.39, 0.29) is 6.61 Å². The molecule has 0 aromatic heterocycles. The molecule has 2 N–H and O–H groups in total. The molecule has 42 heavy (non-hydrogen) atoms. The summed E-state index contributed by atoms with van der Waals surface area (Å²) in [6.07, 6.45) is -2.30. The van der Waals surface area contributed by atoms with Gasteiger partial charge in [-0.3, -0.25) is 9.59 Å². The molecule has 5 atom stereocenters. The summed E-state index contributed by atoms with van der Waals surface area (Å²) in [6.45, 7) is 1.35. The van der Waals surface area contributed by atoms with Gasteiger partial charge >= 0.3 is 11.9 Å². The van der Waals surface area contributed by atoms with Crippen molar-refractivity contribution in [1.82, 2.24) is 4.90 Å². The number of ether oxygens (including phenoxy) is 3. The van der Waals surface area contributed by atoms with Crippen LogP contribution in [0.25, 0.3) is 11.1 Å². The summed E-state index contributed by atoms with van der Waals surface area (Å²) in [5.41, 5.74) is 2.71. The van der Waals surface area contributed by atoms with Crippen LogP contribution in [0.15, 0.2) is 78.9 Å². The third-order valence-corrected chi connectivity index (χ3v) is 7.34. The molecule has 0 spiro atoms. The van der Waals surface area contributed by atoms with Crippen LogP contribution >= 0.6 is 0 Å². The standard InChI is InChI=1S/C32H34FNO8/c1-3-40-32-41-28(29(42-32)31(38)39)30(37)34(19-27(35)36)20(2)24(16-14-21-10-6-4-7-11-21)23-15-17-25(26(33)18-23)22-12-8-5-9-13-22/h4-13,15,17-18,20,24,28-29,32H,3,14,16,19H2,1-2H3,(H,35,36)(H,38,39)/t20-,24+,28+,29+,32?/m1/s1. The highest BCUT2D eigenvalue weighted by atomic mass is 19.1. The van der Waals surface area contributed by atoms with Crippen LogP contribution in [0.1, 0.15) is 37.3 Å². The predicted octanol–water partition coefficient (Wildman–Crippen LogP) is 4.70. The lowest BCUT2D eigenvalue weighted by atomic mass is 9.85. The summed E-state index contributed by atoms with van der Waals surface area (Å²) in [7, 11) is 0. The van der Waals surface area contributed by atoms with Crippen LogP contribution in [0.3, 0.4) is 0 Å². The van der Waals surface area contributed by atoms with E-state index in [2.05, 4.69) is 0 Å². The fraction of sp³-hybridized carbons (Fsp3) is 0.344. The Bertz CT molecular complexity index is 1370. The van der Waals surface area contributed by atoms with Crippen molar-refractivity contribution in [2.75, 3.05) is 13.2 Å². The first-order valence-corrected chi connectivity index (χ1v) is 13.8. The number of aryl methyl sites for hydroxylation is 1. The number of rotatable bonds is 13. The quantitative estimate of drug-likeness (QED) is 0.299. The Hall–Kier alpha value is -4.12. The minimum atomic E-state index is -1.69. The van der Waals surface area contributed by atoms with E-state index in [9.17, 15) is 24.6 Å². The van der Waals surface area contributed by atoms with Gasteiger partial charge in [-0.05, 0) is 49.4 Å². The van der Waals surface area contributed by atoms with E-state index in [0.717, 1.165) is 10.5 Å². The van der Waals surface area contributed by atoms with Crippen molar-refractivity contribution >= 4 is 17.8 Å². The van der Waals surface area contributed by atoms with E-state index in [1.165, 1.54) is 6.07 Å². The van der Waals surface area contributed by atoms with Gasteiger partial charge in [0.05, 0.1) is 0 Å². The highest BCUT2D eigenvalue weighted by molar-refractivity contribution is 5.90. The van der Waals surface area contributed by atoms with E-state index in [1.807, 2.05) is 48.5 Å². The number of amides is 1. The van der Waals surface area contributed by atoms with Crippen molar-refractivity contribution in [3.63, 3.8) is 0 Å². The monoisotopic (exact) mass is 579 g/mol. The van der Waals surface area contributed by atoms with E-state index >= 15 is 4.39 Å². The van der Waals surface area contributed by atoms with Crippen molar-refractivity contribution in [2.45, 2.75) is 57.3 Å². The topological polar surface area (TPSA) is 123 Å². The van der Waals surface area contributed by atoms with Gasteiger partial charge in [0.15, 0.2) is 12.2 Å². The lowest BCUT2D eigenvalue weighted by Gasteiger charge is -2.36. The first kappa shape index (κ1) is 30.8. The van der Waals surface area contributed by atoms with Crippen LogP contribution in [0, 0.1) is 5.82 Å². The molecule has 0 aliphatic carbocycles. The molecule has 222 valence electrons. The van der Waals surface area contributed by atoms with Crippen molar-refractivity contribution in [3.8, 4) is 11.1 Å². The predicted molar refractivity (Wildman–Crippen MR) is 151 cm³/mol. The maximum absolute atomic E-state index is 15.5. The zero-order valence-electron chi connectivity index (χ0n) is 23.4. The number of hydrogen-bond acceptors (Lipinski definition) is 6. The SMILES string of the molecule is CCOC1O[C@H](C(=O)O)[C@@H](C(=O)N(CC(=O)O)[C@H](C)[C@H](CCc2ccccc2)c2ccc(-c3ccccc3)c(F)c2)O1. The smallest absolute Gasteiger partial charge is 0.336 e. The van der Waals surface area contributed by atoms with Crippen molar-refractivity contribution < 1.29 is 43.2 Å². The lowest BCUT2D eigenvalue weighted by Crippen LogP contribution is -2.52. The number of nitrogens with zero attached hydrogens (tertiary/aromatic N) is 1. The van der Waals surface area contributed by atoms with Gasteiger partial charge in [-0.25, -0.2) is 9.18 Å². The van der Waals surface area contributed by atoms with Crippen LogP contribution in [-0.2, 0) is 35.0 Å². The molecule has 3 aromatic rings. The van der Waals surface area contributed by atoms with Crippen molar-refractivity contribution in [3.05, 3.63) is 95.8 Å². The first-order chi connectivity index (χ1) is 20.2. The largest absolute Gasteiger partial charge is 0.480 e. The van der Waals surface area contributed by atoms with Crippen LogP contribution in [-0.4, -0.2) is 70.8 Å². The highest BCUT2D eigenvalue weighted by Gasteiger charge is 2.48. The van der Waals surface area contributed by atoms with Crippen molar-refractivity contribution in [1.29, 1.82) is 0 Å². The zero-order chi connectivity index (χ0) is 30.2. The molecule has 0 radical (unpaired) electrons. The summed E-state index contributed by atoms with van der Waals surface area (Å²) in [5, 5.41) is 19.4. The average Bonchev–Trinajstić information content (AvgIpc) is 3.41. The summed E-state index contributed by atoms with van der Waals surface area (Å²) in [5.74, 6) is -4.58. The van der Waals surface area contributed by atoms with Gasteiger partial charge in [0, 0.05) is 24.1 Å². The molecule has 1 aliphatic rings. The molecular formula is C32H34FNO8. The van der Waals surface area contributed by atoms with Gasteiger partial charge in [-0.2, -0.15) is 0 Å². The van der Waals surface area contributed by atoms with Gasteiger partial charge in [-0.1, -0.05) is 72.8 Å². The molecule has 1 aliphatic heterocycles. The van der Waals surface area contributed by atoms with Crippen LogP contribution < -0.4 is 0 Å². The molecule has 4 rings (SSSR count). The minimum Gasteiger partial charge on any atom is -0.480 e. The number of aliphatic carboxylic acids is 2. The number of carbonyl (C=O) groups excluding carboxylic acids is 1. The van der Waals surface area contributed by atoms with Gasteiger partial charge in [0.2, 0.25) is 0 Å². The minimum absolute atomic E-state index is 0.138. The summed E-state index contributed by atoms with van der Waals surface area (Å²) < 4.78 is 31.5. The average molecular weight is 580 g/mol. The second-order valence-electron chi connectivity index (χ2n) is 10.0. The van der Waals surface area contributed by atoms with Gasteiger partial charge in [0.1, 0.15) is 12.4 Å². The van der Waals surface area contributed by atoms with Crippen LogP contribution in [0.4, 0.5) is 4.39 Å². The summed E-state index contributed by atoms with van der Waals surface area (Å²) >= 11 is 0. The molecule has 10 heteroatoms. The fourth-order valence-electron chi connectivity index (χ4n) is 5.22. The van der Waals surface area contributed by atoms with Gasteiger partial charge in [0.25, 0.3) is 12.4 Å². The second kappa shape index (κ2) is 14.2. The summed E-state index contributed by atoms with van der Waals surface area (Å²) in [4.78, 5) is 38.7. The number of carboxylic acids is 2. The molecule has 1 saturated heterocycles. The molecule has 3 aromatic carbocycles. The van der Waals surface area contributed by atoms with E-state index < -0.39 is 60.9 Å². The fourth-order valence-corrected chi connectivity index (χ4v) is 5.22. The molecule has 0 bridgehead atoms. The van der Waals surface area contributed by atoms with Crippen molar-refractivity contribution in [2.24, 2.45) is 0 Å². The molecule has 1 heterocycles. The maximum atomic E-state index is 15.5. The van der Waals surface area contributed by atoms with Gasteiger partial charge in [-0.15, -0.1) is 0 Å². The number of halogens is 1. The molecular weight excluding hydrogens is 545 g/mol. The molecule has 0 saturated carbocycles. The van der Waals surface area contributed by atoms with Crippen LogP contribution in [0.2, 0.25) is 0 Å². The van der Waals surface area contributed by atoms with E-state index in [4.69, 9.17) is 14.2 Å². The third kappa shape index (κ3) is 7.39.